The molecular formula is C23H27FN2O3. The lowest BCUT2D eigenvalue weighted by atomic mass is 9.66. The molecule has 2 heterocycles. The third-order valence-electron chi connectivity index (χ3n) is 6.01. The summed E-state index contributed by atoms with van der Waals surface area (Å²) in [5, 5.41) is 3.31. The number of Topliss-reactive ketones (excluding diaryl/α,β-unsaturated/α-hetero) is 1. The van der Waals surface area contributed by atoms with Crippen molar-refractivity contribution in [1.82, 2.24) is 10.2 Å². The van der Waals surface area contributed by atoms with E-state index in [1.54, 1.807) is 23.1 Å². The SMILES string of the molecule is CC1=C(C(=O)N2CCOCC2)C(c2ccccc2F)C2C(=O)CC(C)(C)C=C2N1. The number of rotatable bonds is 2. The second kappa shape index (κ2) is 7.41. The molecule has 2 atom stereocenters. The van der Waals surface area contributed by atoms with Crippen LogP contribution in [0, 0.1) is 17.2 Å². The van der Waals surface area contributed by atoms with Crippen LogP contribution in [0.4, 0.5) is 4.39 Å². The lowest BCUT2D eigenvalue weighted by Crippen LogP contribution is -2.48. The molecule has 1 aliphatic carbocycles. The third kappa shape index (κ3) is 3.62. The van der Waals surface area contributed by atoms with E-state index in [1.807, 2.05) is 20.8 Å². The van der Waals surface area contributed by atoms with E-state index in [0.717, 1.165) is 5.70 Å². The Labute approximate surface area is 170 Å². The van der Waals surface area contributed by atoms with Gasteiger partial charge in [-0.25, -0.2) is 4.39 Å². The molecule has 3 aliphatic rings. The Morgan fingerprint density at radius 2 is 1.90 bits per heavy atom. The zero-order valence-electron chi connectivity index (χ0n) is 17.1. The van der Waals surface area contributed by atoms with Crippen LogP contribution < -0.4 is 5.32 Å². The highest BCUT2D eigenvalue weighted by Gasteiger charge is 2.47. The number of nitrogens with one attached hydrogen (secondary N) is 1. The fourth-order valence-electron chi connectivity index (χ4n) is 4.75. The number of carbonyl (C=O) groups is 2. The van der Waals surface area contributed by atoms with Gasteiger partial charge in [0.25, 0.3) is 5.91 Å². The summed E-state index contributed by atoms with van der Waals surface area (Å²) in [5.41, 5.74) is 2.06. The summed E-state index contributed by atoms with van der Waals surface area (Å²) >= 11 is 0. The zero-order valence-corrected chi connectivity index (χ0v) is 17.1. The fourth-order valence-corrected chi connectivity index (χ4v) is 4.75. The van der Waals surface area contributed by atoms with Crippen molar-refractivity contribution >= 4 is 11.7 Å². The van der Waals surface area contributed by atoms with Gasteiger partial charge in [0.2, 0.25) is 0 Å². The van der Waals surface area contributed by atoms with Crippen LogP contribution in [-0.4, -0.2) is 42.9 Å². The van der Waals surface area contributed by atoms with Crippen LogP contribution in [0.2, 0.25) is 0 Å². The van der Waals surface area contributed by atoms with E-state index < -0.39 is 17.7 Å². The number of allylic oxidation sites excluding steroid dienone is 3. The first-order valence-electron chi connectivity index (χ1n) is 10.1. The number of carbonyl (C=O) groups excluding carboxylic acids is 2. The van der Waals surface area contributed by atoms with Crippen molar-refractivity contribution in [3.05, 3.63) is 58.7 Å². The number of benzene rings is 1. The van der Waals surface area contributed by atoms with Crippen LogP contribution in [-0.2, 0) is 14.3 Å². The second-order valence-electron chi connectivity index (χ2n) is 8.78. The number of hydrogen-bond acceptors (Lipinski definition) is 4. The smallest absolute Gasteiger partial charge is 0.252 e. The predicted molar refractivity (Wildman–Crippen MR) is 107 cm³/mol. The highest BCUT2D eigenvalue weighted by atomic mass is 19.1. The van der Waals surface area contributed by atoms with E-state index in [-0.39, 0.29) is 17.1 Å². The van der Waals surface area contributed by atoms with Crippen LogP contribution in [0.3, 0.4) is 0 Å². The summed E-state index contributed by atoms with van der Waals surface area (Å²) in [4.78, 5) is 28.4. The van der Waals surface area contributed by atoms with Crippen LogP contribution in [0.25, 0.3) is 0 Å². The summed E-state index contributed by atoms with van der Waals surface area (Å²) in [7, 11) is 0. The van der Waals surface area contributed by atoms with E-state index in [9.17, 15) is 14.0 Å². The summed E-state index contributed by atoms with van der Waals surface area (Å²) in [6.45, 7) is 7.82. The van der Waals surface area contributed by atoms with Crippen LogP contribution in [0.1, 0.15) is 38.7 Å². The second-order valence-corrected chi connectivity index (χ2v) is 8.78. The molecule has 5 nitrogen and oxygen atoms in total. The number of morpholine rings is 1. The number of amides is 1. The topological polar surface area (TPSA) is 58.6 Å². The molecule has 1 fully saturated rings. The molecule has 1 amide bonds. The molecule has 2 unspecified atom stereocenters. The molecule has 6 heteroatoms. The van der Waals surface area contributed by atoms with Gasteiger partial charge in [0.1, 0.15) is 11.6 Å². The molecule has 2 aliphatic heterocycles. The molecule has 1 aromatic carbocycles. The van der Waals surface area contributed by atoms with Crippen molar-refractivity contribution in [3.63, 3.8) is 0 Å². The Morgan fingerprint density at radius 1 is 1.21 bits per heavy atom. The monoisotopic (exact) mass is 398 g/mol. The molecule has 1 N–H and O–H groups in total. The molecule has 1 saturated heterocycles. The first-order valence-corrected chi connectivity index (χ1v) is 10.1. The minimum absolute atomic E-state index is 0.0352. The third-order valence-corrected chi connectivity index (χ3v) is 6.01. The van der Waals surface area contributed by atoms with Crippen molar-refractivity contribution < 1.29 is 18.7 Å². The average Bonchev–Trinajstić information content (AvgIpc) is 2.66. The van der Waals surface area contributed by atoms with Gasteiger partial charge in [0.05, 0.1) is 19.1 Å². The molecule has 0 radical (unpaired) electrons. The van der Waals surface area contributed by atoms with E-state index in [4.69, 9.17) is 4.74 Å². The molecular weight excluding hydrogens is 371 g/mol. The van der Waals surface area contributed by atoms with Crippen molar-refractivity contribution in [2.45, 2.75) is 33.1 Å². The van der Waals surface area contributed by atoms with Gasteiger partial charge < -0.3 is 15.0 Å². The number of ether oxygens (including phenoxy) is 1. The van der Waals surface area contributed by atoms with Crippen LogP contribution >= 0.6 is 0 Å². The van der Waals surface area contributed by atoms with Gasteiger partial charge in [-0.1, -0.05) is 38.1 Å². The van der Waals surface area contributed by atoms with E-state index in [2.05, 4.69) is 11.4 Å². The maximum atomic E-state index is 14.9. The minimum atomic E-state index is -0.636. The summed E-state index contributed by atoms with van der Waals surface area (Å²) < 4.78 is 20.3. The van der Waals surface area contributed by atoms with Gasteiger partial charge in [-0.15, -0.1) is 0 Å². The van der Waals surface area contributed by atoms with Crippen molar-refractivity contribution in [3.8, 4) is 0 Å². The first-order chi connectivity index (χ1) is 13.8. The first kappa shape index (κ1) is 19.8. The van der Waals surface area contributed by atoms with E-state index in [0.29, 0.717) is 49.6 Å². The molecule has 154 valence electrons. The standard InChI is InChI=1S/C23H27FN2O3/c1-14-19(22(28)26-8-10-29-11-9-26)20(15-6-4-5-7-16(15)24)21-17(25-14)12-23(2,3)13-18(21)27/h4-7,12,20-21,25H,8-11,13H2,1-3H3. The number of ketones is 1. The summed E-state index contributed by atoms with van der Waals surface area (Å²) in [5.74, 6) is -1.72. The van der Waals surface area contributed by atoms with Gasteiger partial charge in [-0.05, 0) is 24.0 Å². The lowest BCUT2D eigenvalue weighted by Gasteiger charge is -2.42. The molecule has 0 aromatic heterocycles. The number of fused-ring (bicyclic) bond motifs is 1. The highest BCUT2D eigenvalue weighted by molar-refractivity contribution is 5.99. The van der Waals surface area contributed by atoms with Gasteiger partial charge in [0, 0.05) is 42.4 Å². The Bertz CT molecular complexity index is 912. The van der Waals surface area contributed by atoms with Crippen LogP contribution in [0.15, 0.2) is 47.3 Å². The predicted octanol–water partition coefficient (Wildman–Crippen LogP) is 3.14. The van der Waals surface area contributed by atoms with Crippen molar-refractivity contribution in [2.24, 2.45) is 11.3 Å². The fraction of sp³-hybridized carbons (Fsp3) is 0.478. The average molecular weight is 398 g/mol. The Morgan fingerprint density at radius 3 is 2.59 bits per heavy atom. The van der Waals surface area contributed by atoms with Gasteiger partial charge in [0.15, 0.2) is 0 Å². The van der Waals surface area contributed by atoms with E-state index in [1.165, 1.54) is 6.07 Å². The molecule has 0 saturated carbocycles. The van der Waals surface area contributed by atoms with Gasteiger partial charge in [-0.3, -0.25) is 9.59 Å². The Balaban J connectivity index is 1.86. The minimum Gasteiger partial charge on any atom is -0.378 e. The maximum Gasteiger partial charge on any atom is 0.252 e. The Hall–Kier alpha value is -2.47. The Kier molecular flexibility index (Phi) is 5.07. The quantitative estimate of drug-likeness (QED) is 0.832. The summed E-state index contributed by atoms with van der Waals surface area (Å²) in [6.07, 6.45) is 2.43. The number of nitrogens with zero attached hydrogens (tertiary/aromatic N) is 1. The molecule has 1 aromatic rings. The normalized spacial score (nSPS) is 26.6. The van der Waals surface area contributed by atoms with Crippen molar-refractivity contribution in [2.75, 3.05) is 26.3 Å². The number of hydrogen-bond donors (Lipinski definition) is 1. The molecule has 0 spiro atoms. The largest absolute Gasteiger partial charge is 0.378 e. The zero-order chi connectivity index (χ0) is 20.8. The molecule has 4 rings (SSSR count). The van der Waals surface area contributed by atoms with Crippen molar-refractivity contribution in [1.29, 1.82) is 0 Å². The maximum absolute atomic E-state index is 14.9. The number of halogens is 1. The van der Waals surface area contributed by atoms with Gasteiger partial charge >= 0.3 is 0 Å². The molecule has 0 bridgehead atoms. The molecule has 29 heavy (non-hydrogen) atoms. The summed E-state index contributed by atoms with van der Waals surface area (Å²) in [6, 6.07) is 6.47. The van der Waals surface area contributed by atoms with E-state index >= 15 is 0 Å². The van der Waals surface area contributed by atoms with Gasteiger partial charge in [-0.2, -0.15) is 0 Å². The van der Waals surface area contributed by atoms with Crippen LogP contribution in [0.5, 0.6) is 0 Å². The highest BCUT2D eigenvalue weighted by Crippen LogP contribution is 2.47. The lowest BCUT2D eigenvalue weighted by molar-refractivity contribution is -0.132.